The molecule has 0 radical (unpaired) electrons. The summed E-state index contributed by atoms with van der Waals surface area (Å²) in [6.07, 6.45) is 6.22. The Morgan fingerprint density at radius 1 is 1.59 bits per heavy atom. The van der Waals surface area contributed by atoms with Crippen molar-refractivity contribution in [2.75, 3.05) is 17.4 Å². The first-order valence-corrected chi connectivity index (χ1v) is 8.11. The van der Waals surface area contributed by atoms with E-state index in [1.807, 2.05) is 19.3 Å². The highest BCUT2D eigenvalue weighted by atomic mass is 35.5. The van der Waals surface area contributed by atoms with E-state index in [0.717, 1.165) is 18.4 Å². The Kier molecular flexibility index (Phi) is 3.50. The van der Waals surface area contributed by atoms with E-state index in [2.05, 4.69) is 5.10 Å². The average Bonchev–Trinajstić information content (AvgIpc) is 2.81. The molecular weight excluding hydrogens is 260 g/mol. The van der Waals surface area contributed by atoms with Crippen LogP contribution >= 0.6 is 11.6 Å². The molecule has 2 rings (SSSR count). The molecule has 1 atom stereocenters. The van der Waals surface area contributed by atoms with Gasteiger partial charge in [0.1, 0.15) is 0 Å². The number of aryl methyl sites for hydroxylation is 1. The molecule has 1 aromatic heterocycles. The minimum absolute atomic E-state index is 0.191. The molecular formula is C11H17ClN2O2S. The van der Waals surface area contributed by atoms with Crippen LogP contribution in [0.2, 0.25) is 0 Å². The molecule has 0 spiro atoms. The van der Waals surface area contributed by atoms with Crippen LogP contribution in [0.3, 0.4) is 0 Å². The lowest BCUT2D eigenvalue weighted by Crippen LogP contribution is -2.31. The van der Waals surface area contributed by atoms with Gasteiger partial charge < -0.3 is 0 Å². The van der Waals surface area contributed by atoms with E-state index in [1.165, 1.54) is 0 Å². The summed E-state index contributed by atoms with van der Waals surface area (Å²) in [6, 6.07) is 0. The first-order valence-electron chi connectivity index (χ1n) is 5.76. The summed E-state index contributed by atoms with van der Waals surface area (Å²) in [7, 11) is -2.89. The van der Waals surface area contributed by atoms with Gasteiger partial charge in [-0.05, 0) is 31.7 Å². The predicted octanol–water partition coefficient (Wildman–Crippen LogP) is 1.59. The number of hydrogen-bond donors (Lipinski definition) is 0. The van der Waals surface area contributed by atoms with Crippen LogP contribution in [-0.2, 0) is 21.8 Å². The highest BCUT2D eigenvalue weighted by Gasteiger charge is 2.40. The number of rotatable bonds is 4. The average molecular weight is 277 g/mol. The minimum atomic E-state index is -2.89. The van der Waals surface area contributed by atoms with E-state index in [4.69, 9.17) is 11.6 Å². The Morgan fingerprint density at radius 3 is 2.94 bits per heavy atom. The fourth-order valence-electron chi connectivity index (χ4n) is 2.23. The molecule has 0 saturated carbocycles. The van der Waals surface area contributed by atoms with Gasteiger partial charge >= 0.3 is 0 Å². The largest absolute Gasteiger partial charge is 0.266 e. The second kappa shape index (κ2) is 4.61. The summed E-state index contributed by atoms with van der Waals surface area (Å²) in [6.45, 7) is 1.95. The van der Waals surface area contributed by atoms with E-state index in [9.17, 15) is 8.42 Å². The number of halogens is 1. The van der Waals surface area contributed by atoms with Gasteiger partial charge in [0, 0.05) is 12.1 Å². The van der Waals surface area contributed by atoms with Gasteiger partial charge in [-0.1, -0.05) is 0 Å². The highest BCUT2D eigenvalue weighted by molar-refractivity contribution is 7.91. The van der Waals surface area contributed by atoms with Crippen molar-refractivity contribution in [3.8, 4) is 0 Å². The molecule has 1 aliphatic rings. The Balaban J connectivity index is 2.15. The van der Waals surface area contributed by atoms with Gasteiger partial charge in [0.25, 0.3) is 0 Å². The van der Waals surface area contributed by atoms with Crippen molar-refractivity contribution in [2.24, 2.45) is 0 Å². The Bertz CT molecular complexity index is 497. The van der Waals surface area contributed by atoms with E-state index >= 15 is 0 Å². The molecule has 2 heterocycles. The Labute approximate surface area is 107 Å². The molecule has 1 fully saturated rings. The number of alkyl halides is 1. The highest BCUT2D eigenvalue weighted by Crippen LogP contribution is 2.30. The molecule has 1 unspecified atom stereocenters. The first-order chi connectivity index (χ1) is 7.95. The molecule has 96 valence electrons. The van der Waals surface area contributed by atoms with Gasteiger partial charge in [-0.15, -0.1) is 11.6 Å². The number of nitrogens with zero attached hydrogens (tertiary/aromatic N) is 2. The van der Waals surface area contributed by atoms with Crippen LogP contribution in [0.5, 0.6) is 0 Å². The van der Waals surface area contributed by atoms with Gasteiger partial charge in [0.2, 0.25) is 0 Å². The summed E-state index contributed by atoms with van der Waals surface area (Å²) < 4.78 is 24.9. The van der Waals surface area contributed by atoms with Gasteiger partial charge in [0.15, 0.2) is 9.84 Å². The molecule has 0 bridgehead atoms. The molecule has 1 aromatic rings. The van der Waals surface area contributed by atoms with Crippen molar-refractivity contribution in [1.29, 1.82) is 0 Å². The van der Waals surface area contributed by atoms with Gasteiger partial charge in [0.05, 0.1) is 23.2 Å². The monoisotopic (exact) mass is 276 g/mol. The van der Waals surface area contributed by atoms with Gasteiger partial charge in [-0.25, -0.2) is 8.42 Å². The van der Waals surface area contributed by atoms with Crippen LogP contribution in [0.4, 0.5) is 0 Å². The predicted molar refractivity (Wildman–Crippen MR) is 68.2 cm³/mol. The lowest BCUT2D eigenvalue weighted by atomic mass is 10.0. The number of hydrogen-bond acceptors (Lipinski definition) is 3. The minimum Gasteiger partial charge on any atom is -0.266 e. The lowest BCUT2D eigenvalue weighted by Gasteiger charge is -2.22. The molecule has 1 saturated heterocycles. The summed E-state index contributed by atoms with van der Waals surface area (Å²) in [5.74, 6) is 1.09. The molecule has 4 nitrogen and oxygen atoms in total. The molecule has 17 heavy (non-hydrogen) atoms. The maximum atomic E-state index is 11.5. The standard InChI is InChI=1S/C11H17ClN2O2S/c1-11(4-6-17(15,16)9-11)14-8-10(7-13-14)3-2-5-12/h7-8H,2-6,9H2,1H3. The molecule has 0 N–H and O–H groups in total. The number of aromatic nitrogens is 2. The van der Waals surface area contributed by atoms with E-state index < -0.39 is 9.84 Å². The first kappa shape index (κ1) is 12.9. The van der Waals surface area contributed by atoms with E-state index in [1.54, 1.807) is 4.68 Å². The third-order valence-corrected chi connectivity index (χ3v) is 5.43. The van der Waals surface area contributed by atoms with Crippen molar-refractivity contribution in [3.05, 3.63) is 18.0 Å². The fourth-order valence-corrected chi connectivity index (χ4v) is 4.48. The summed E-state index contributed by atoms with van der Waals surface area (Å²) in [4.78, 5) is 0. The van der Waals surface area contributed by atoms with Gasteiger partial charge in [-0.3, -0.25) is 4.68 Å². The smallest absolute Gasteiger partial charge is 0.152 e. The van der Waals surface area contributed by atoms with Crippen molar-refractivity contribution in [3.63, 3.8) is 0 Å². The SMILES string of the molecule is CC1(n2cc(CCCCl)cn2)CCS(=O)(=O)C1. The van der Waals surface area contributed by atoms with E-state index in [0.29, 0.717) is 12.3 Å². The second-order valence-electron chi connectivity index (χ2n) is 4.92. The van der Waals surface area contributed by atoms with Crippen LogP contribution in [0.25, 0.3) is 0 Å². The maximum absolute atomic E-state index is 11.5. The zero-order valence-corrected chi connectivity index (χ0v) is 11.5. The topological polar surface area (TPSA) is 52.0 Å². The molecule has 1 aliphatic heterocycles. The zero-order valence-electron chi connectivity index (χ0n) is 9.89. The Hall–Kier alpha value is -0.550. The second-order valence-corrected chi connectivity index (χ2v) is 7.49. The number of sulfone groups is 1. The molecule has 0 aliphatic carbocycles. The zero-order chi connectivity index (χ0) is 12.5. The van der Waals surface area contributed by atoms with Crippen molar-refractivity contribution >= 4 is 21.4 Å². The third-order valence-electron chi connectivity index (χ3n) is 3.27. The fraction of sp³-hybridized carbons (Fsp3) is 0.727. The van der Waals surface area contributed by atoms with Crippen molar-refractivity contribution < 1.29 is 8.42 Å². The van der Waals surface area contributed by atoms with Crippen LogP contribution in [0.15, 0.2) is 12.4 Å². The summed E-state index contributed by atoms with van der Waals surface area (Å²) in [5.41, 5.74) is 0.745. The Morgan fingerprint density at radius 2 is 2.35 bits per heavy atom. The van der Waals surface area contributed by atoms with Crippen LogP contribution in [0.1, 0.15) is 25.3 Å². The van der Waals surface area contributed by atoms with Crippen LogP contribution < -0.4 is 0 Å². The maximum Gasteiger partial charge on any atom is 0.152 e. The normalized spacial score (nSPS) is 27.4. The third kappa shape index (κ3) is 2.83. The van der Waals surface area contributed by atoms with Gasteiger partial charge in [-0.2, -0.15) is 5.10 Å². The summed E-state index contributed by atoms with van der Waals surface area (Å²) >= 11 is 5.64. The van der Waals surface area contributed by atoms with Crippen molar-refractivity contribution in [2.45, 2.75) is 31.7 Å². The summed E-state index contributed by atoms with van der Waals surface area (Å²) in [5, 5.41) is 4.30. The molecule has 0 amide bonds. The van der Waals surface area contributed by atoms with E-state index in [-0.39, 0.29) is 17.0 Å². The molecule has 0 aromatic carbocycles. The molecule has 6 heteroatoms. The lowest BCUT2D eigenvalue weighted by molar-refractivity contribution is 0.328. The van der Waals surface area contributed by atoms with Crippen LogP contribution in [-0.4, -0.2) is 35.6 Å². The van der Waals surface area contributed by atoms with Crippen molar-refractivity contribution in [1.82, 2.24) is 9.78 Å². The quantitative estimate of drug-likeness (QED) is 0.785. The van der Waals surface area contributed by atoms with Crippen LogP contribution in [0, 0.1) is 0 Å².